The molecule has 2 aromatic heterocycles. The highest BCUT2D eigenvalue weighted by Gasteiger charge is 2.31. The predicted molar refractivity (Wildman–Crippen MR) is 124 cm³/mol. The molecule has 1 amide bonds. The van der Waals surface area contributed by atoms with Crippen LogP contribution in [0, 0.1) is 11.3 Å². The maximum absolute atomic E-state index is 12.9. The number of aliphatic hydroxyl groups is 1. The number of fused-ring (bicyclic) bond motifs is 3. The van der Waals surface area contributed by atoms with Crippen LogP contribution < -0.4 is 11.1 Å². The van der Waals surface area contributed by atoms with E-state index in [0.717, 1.165) is 34.6 Å². The number of nitrogen functional groups attached to an aromatic ring is 1. The van der Waals surface area contributed by atoms with Gasteiger partial charge in [-0.15, -0.1) is 11.3 Å². The van der Waals surface area contributed by atoms with E-state index in [1.165, 1.54) is 16.7 Å². The zero-order valence-corrected chi connectivity index (χ0v) is 18.2. The normalized spacial score (nSPS) is 15.5. The van der Waals surface area contributed by atoms with Crippen molar-refractivity contribution < 1.29 is 9.90 Å². The van der Waals surface area contributed by atoms with Crippen molar-refractivity contribution in [3.63, 3.8) is 0 Å². The Labute approximate surface area is 184 Å². The molecule has 162 valence electrons. The van der Waals surface area contributed by atoms with Crippen LogP contribution in [0.5, 0.6) is 0 Å². The SMILES string of the molecule is CCN(CCO)C(=O)C1CCc2c(sc3ncnc(Nc4ccc(N)c(C=N)c4)c23)C1. The smallest absolute Gasteiger partial charge is 0.226 e. The summed E-state index contributed by atoms with van der Waals surface area (Å²) in [6, 6.07) is 5.46. The Morgan fingerprint density at radius 3 is 3.03 bits per heavy atom. The number of aryl methyl sites for hydroxylation is 1. The van der Waals surface area contributed by atoms with E-state index in [1.54, 1.807) is 28.6 Å². The van der Waals surface area contributed by atoms with Crippen LogP contribution in [0.15, 0.2) is 24.5 Å². The molecule has 0 radical (unpaired) electrons. The molecular formula is C22H26N6O2S. The average molecular weight is 439 g/mol. The van der Waals surface area contributed by atoms with E-state index in [0.29, 0.717) is 30.8 Å². The van der Waals surface area contributed by atoms with Gasteiger partial charge in [-0.05, 0) is 49.9 Å². The van der Waals surface area contributed by atoms with E-state index in [4.69, 9.17) is 11.1 Å². The number of nitrogens with one attached hydrogen (secondary N) is 2. The highest BCUT2D eigenvalue weighted by atomic mass is 32.1. The van der Waals surface area contributed by atoms with Crippen molar-refractivity contribution in [2.75, 3.05) is 30.7 Å². The molecule has 1 aromatic carbocycles. The van der Waals surface area contributed by atoms with Crippen LogP contribution >= 0.6 is 11.3 Å². The van der Waals surface area contributed by atoms with E-state index in [2.05, 4.69) is 15.3 Å². The van der Waals surface area contributed by atoms with Crippen LogP contribution in [-0.4, -0.2) is 51.8 Å². The molecule has 4 rings (SSSR count). The van der Waals surface area contributed by atoms with Gasteiger partial charge in [-0.25, -0.2) is 9.97 Å². The molecule has 3 aromatic rings. The lowest BCUT2D eigenvalue weighted by atomic mass is 9.87. The van der Waals surface area contributed by atoms with Crippen LogP contribution in [-0.2, 0) is 17.6 Å². The number of nitrogens with two attached hydrogens (primary N) is 1. The molecule has 1 aliphatic carbocycles. The number of carbonyl (C=O) groups is 1. The molecule has 1 aliphatic rings. The first kappa shape index (κ1) is 21.2. The van der Waals surface area contributed by atoms with Crippen LogP contribution in [0.1, 0.15) is 29.3 Å². The van der Waals surface area contributed by atoms with Gasteiger partial charge in [0.1, 0.15) is 17.0 Å². The lowest BCUT2D eigenvalue weighted by molar-refractivity contribution is -0.136. The molecule has 1 unspecified atom stereocenters. The van der Waals surface area contributed by atoms with Gasteiger partial charge >= 0.3 is 0 Å². The Morgan fingerprint density at radius 2 is 2.29 bits per heavy atom. The molecule has 5 N–H and O–H groups in total. The molecule has 1 atom stereocenters. The van der Waals surface area contributed by atoms with E-state index >= 15 is 0 Å². The summed E-state index contributed by atoms with van der Waals surface area (Å²) < 4.78 is 0. The topological polar surface area (TPSA) is 128 Å². The molecule has 0 aliphatic heterocycles. The van der Waals surface area contributed by atoms with Gasteiger partial charge < -0.3 is 26.5 Å². The molecule has 31 heavy (non-hydrogen) atoms. The number of benzene rings is 1. The molecule has 0 spiro atoms. The third-order valence-corrected chi connectivity index (χ3v) is 6.93. The van der Waals surface area contributed by atoms with Gasteiger partial charge in [-0.1, -0.05) is 0 Å². The number of likely N-dealkylation sites (N-methyl/N-ethyl adjacent to an activating group) is 1. The number of amides is 1. The standard InChI is InChI=1S/C22H26N6O2S/c1-2-28(7-8-29)22(30)13-3-5-16-18(10-13)31-21-19(16)20(25-12-26-21)27-15-4-6-17(24)14(9-15)11-23/h4,6,9,11-13,23,29H,2-3,5,7-8,10,24H2,1H3,(H,25,26,27). The maximum atomic E-state index is 12.9. The zero-order valence-electron chi connectivity index (χ0n) is 17.4. The third-order valence-electron chi connectivity index (χ3n) is 5.76. The molecule has 0 fully saturated rings. The maximum Gasteiger partial charge on any atom is 0.226 e. The molecule has 0 saturated carbocycles. The first-order chi connectivity index (χ1) is 15.0. The van der Waals surface area contributed by atoms with Gasteiger partial charge in [0.05, 0.1) is 12.0 Å². The Morgan fingerprint density at radius 1 is 1.45 bits per heavy atom. The van der Waals surface area contributed by atoms with Crippen LogP contribution in [0.3, 0.4) is 0 Å². The fourth-order valence-electron chi connectivity index (χ4n) is 4.13. The number of rotatable bonds is 7. The van der Waals surface area contributed by atoms with E-state index in [-0.39, 0.29) is 18.4 Å². The summed E-state index contributed by atoms with van der Waals surface area (Å²) in [4.78, 5) is 25.7. The van der Waals surface area contributed by atoms with E-state index < -0.39 is 0 Å². The number of nitrogens with zero attached hydrogens (tertiary/aromatic N) is 3. The zero-order chi connectivity index (χ0) is 22.0. The van der Waals surface area contributed by atoms with Crippen molar-refractivity contribution in [3.05, 3.63) is 40.5 Å². The summed E-state index contributed by atoms with van der Waals surface area (Å²) in [5.74, 6) is 0.775. The summed E-state index contributed by atoms with van der Waals surface area (Å²) in [5.41, 5.74) is 9.11. The van der Waals surface area contributed by atoms with Crippen LogP contribution in [0.4, 0.5) is 17.2 Å². The second-order valence-electron chi connectivity index (χ2n) is 7.60. The monoisotopic (exact) mass is 438 g/mol. The molecule has 0 saturated heterocycles. The van der Waals surface area contributed by atoms with Crippen LogP contribution in [0.2, 0.25) is 0 Å². The summed E-state index contributed by atoms with van der Waals surface area (Å²) in [7, 11) is 0. The van der Waals surface area contributed by atoms with Crippen molar-refractivity contribution in [3.8, 4) is 0 Å². The fraction of sp³-hybridized carbons (Fsp3) is 0.364. The minimum Gasteiger partial charge on any atom is -0.398 e. The summed E-state index contributed by atoms with van der Waals surface area (Å²) in [6.45, 7) is 2.91. The molecular weight excluding hydrogens is 412 g/mol. The number of carbonyl (C=O) groups excluding carboxylic acids is 1. The summed E-state index contributed by atoms with van der Waals surface area (Å²) >= 11 is 1.62. The van der Waals surface area contributed by atoms with Crippen molar-refractivity contribution >= 4 is 50.9 Å². The Balaban J connectivity index is 1.63. The Bertz CT molecular complexity index is 1130. The number of hydrogen-bond donors (Lipinski definition) is 4. The van der Waals surface area contributed by atoms with Gasteiger partial charge in [-0.3, -0.25) is 4.79 Å². The van der Waals surface area contributed by atoms with Crippen molar-refractivity contribution in [2.45, 2.75) is 26.2 Å². The second-order valence-corrected chi connectivity index (χ2v) is 8.68. The van der Waals surface area contributed by atoms with E-state index in [1.807, 2.05) is 19.1 Å². The largest absolute Gasteiger partial charge is 0.398 e. The summed E-state index contributed by atoms with van der Waals surface area (Å²) in [6.07, 6.45) is 5.03. The van der Waals surface area contributed by atoms with Gasteiger partial charge in [-0.2, -0.15) is 0 Å². The first-order valence-corrected chi connectivity index (χ1v) is 11.2. The lowest BCUT2D eigenvalue weighted by Crippen LogP contribution is -2.39. The number of aromatic nitrogens is 2. The van der Waals surface area contributed by atoms with Crippen molar-refractivity contribution in [1.29, 1.82) is 5.41 Å². The Hall–Kier alpha value is -3.04. The molecule has 2 heterocycles. The highest BCUT2D eigenvalue weighted by molar-refractivity contribution is 7.19. The molecule has 8 nitrogen and oxygen atoms in total. The first-order valence-electron chi connectivity index (χ1n) is 10.4. The summed E-state index contributed by atoms with van der Waals surface area (Å²) in [5, 5.41) is 21.1. The third kappa shape index (κ3) is 4.11. The quantitative estimate of drug-likeness (QED) is 0.332. The van der Waals surface area contributed by atoms with Crippen molar-refractivity contribution in [1.82, 2.24) is 14.9 Å². The van der Waals surface area contributed by atoms with Crippen LogP contribution in [0.25, 0.3) is 10.2 Å². The van der Waals surface area contributed by atoms with Gasteiger partial charge in [0.2, 0.25) is 5.91 Å². The van der Waals surface area contributed by atoms with Gasteiger partial charge in [0.25, 0.3) is 0 Å². The predicted octanol–water partition coefficient (Wildman–Crippen LogP) is 2.96. The second kappa shape index (κ2) is 8.99. The average Bonchev–Trinajstić information content (AvgIpc) is 3.17. The van der Waals surface area contributed by atoms with Crippen molar-refractivity contribution in [2.24, 2.45) is 5.92 Å². The van der Waals surface area contributed by atoms with E-state index in [9.17, 15) is 9.90 Å². The minimum atomic E-state index is -0.0660. The van der Waals surface area contributed by atoms with Gasteiger partial charge in [0.15, 0.2) is 0 Å². The fourth-order valence-corrected chi connectivity index (χ4v) is 5.40. The molecule has 9 heteroatoms. The Kier molecular flexibility index (Phi) is 6.15. The molecule has 0 bridgehead atoms. The lowest BCUT2D eigenvalue weighted by Gasteiger charge is -2.28. The highest BCUT2D eigenvalue weighted by Crippen LogP contribution is 2.40. The number of thiophene rings is 1. The van der Waals surface area contributed by atoms with Gasteiger partial charge in [0, 0.05) is 47.0 Å². The number of anilines is 3. The number of hydrogen-bond acceptors (Lipinski definition) is 8. The number of aliphatic hydroxyl groups excluding tert-OH is 1. The minimum absolute atomic E-state index is 0.0180.